The summed E-state index contributed by atoms with van der Waals surface area (Å²) in [6.45, 7) is 24.0. The van der Waals surface area contributed by atoms with Gasteiger partial charge < -0.3 is 23.8 Å². The Morgan fingerprint density at radius 2 is 1.55 bits per heavy atom. The third-order valence-corrected chi connectivity index (χ3v) is 18.2. The van der Waals surface area contributed by atoms with Crippen molar-refractivity contribution in [2.75, 3.05) is 5.32 Å². The van der Waals surface area contributed by atoms with Gasteiger partial charge in [0.25, 0.3) is 5.91 Å². The standard InChI is InChI=1S/C31H47N5O4Si2/c1-20(37)22-17-23(26(40-42(10,11)31(5,6)7)25(22)39-41(8,9)30(2,3)4)36-19-34-24-27(32-18-33-28(24)36)35-29(38)21-15-13-12-14-16-21/h12-20,23,25-26,37H,1-11H3,(H,32,33,35,38)/t20-,23+,25+,26-/m0/s1. The number of carbonyl (C=O) groups excluding carboxylic acids is 1. The van der Waals surface area contributed by atoms with Gasteiger partial charge in [-0.1, -0.05) is 65.8 Å². The highest BCUT2D eigenvalue weighted by atomic mass is 28.4. The van der Waals surface area contributed by atoms with Gasteiger partial charge in [-0.3, -0.25) is 4.79 Å². The molecule has 42 heavy (non-hydrogen) atoms. The van der Waals surface area contributed by atoms with Crippen LogP contribution in [0.2, 0.25) is 36.3 Å². The van der Waals surface area contributed by atoms with E-state index in [2.05, 4.69) is 94.1 Å². The van der Waals surface area contributed by atoms with Gasteiger partial charge in [-0.05, 0) is 60.9 Å². The Morgan fingerprint density at radius 1 is 0.952 bits per heavy atom. The highest BCUT2D eigenvalue weighted by molar-refractivity contribution is 6.74. The molecule has 1 aliphatic carbocycles. The Labute approximate surface area is 252 Å². The number of amides is 1. The zero-order chi connectivity index (χ0) is 31.3. The van der Waals surface area contributed by atoms with Crippen molar-refractivity contribution in [1.29, 1.82) is 0 Å². The maximum Gasteiger partial charge on any atom is 0.256 e. The predicted octanol–water partition coefficient (Wildman–Crippen LogP) is 6.72. The van der Waals surface area contributed by atoms with Gasteiger partial charge in [-0.25, -0.2) is 15.0 Å². The third kappa shape index (κ3) is 6.30. The first-order chi connectivity index (χ1) is 19.3. The first-order valence-corrected chi connectivity index (χ1v) is 20.4. The van der Waals surface area contributed by atoms with Gasteiger partial charge in [0, 0.05) is 5.56 Å². The summed E-state index contributed by atoms with van der Waals surface area (Å²) in [6.07, 6.45) is 3.66. The summed E-state index contributed by atoms with van der Waals surface area (Å²) in [5.74, 6) is 0.0607. The summed E-state index contributed by atoms with van der Waals surface area (Å²) >= 11 is 0. The van der Waals surface area contributed by atoms with E-state index in [1.54, 1.807) is 25.4 Å². The Morgan fingerprint density at radius 3 is 2.12 bits per heavy atom. The summed E-state index contributed by atoms with van der Waals surface area (Å²) in [6, 6.07) is 8.65. The number of nitrogens with zero attached hydrogens (tertiary/aromatic N) is 4. The molecule has 228 valence electrons. The topological polar surface area (TPSA) is 111 Å². The Balaban J connectivity index is 1.80. The molecule has 0 fully saturated rings. The maximum absolute atomic E-state index is 12.9. The molecule has 1 amide bonds. The number of aromatic nitrogens is 4. The molecule has 2 aromatic heterocycles. The number of imidazole rings is 1. The lowest BCUT2D eigenvalue weighted by molar-refractivity contribution is 0.0378. The number of hydrogen-bond donors (Lipinski definition) is 2. The zero-order valence-corrected chi connectivity index (χ0v) is 28.9. The molecule has 2 heterocycles. The van der Waals surface area contributed by atoms with Crippen LogP contribution in [0.5, 0.6) is 0 Å². The molecule has 0 spiro atoms. The van der Waals surface area contributed by atoms with Crippen LogP contribution < -0.4 is 5.32 Å². The summed E-state index contributed by atoms with van der Waals surface area (Å²) in [7, 11) is -4.56. The van der Waals surface area contributed by atoms with Gasteiger partial charge in [0.2, 0.25) is 0 Å². The van der Waals surface area contributed by atoms with Crippen LogP contribution >= 0.6 is 0 Å². The second-order valence-corrected chi connectivity index (χ2v) is 23.9. The molecule has 11 heteroatoms. The van der Waals surface area contributed by atoms with E-state index >= 15 is 0 Å². The minimum atomic E-state index is -2.29. The quantitative estimate of drug-likeness (QED) is 0.215. The molecule has 0 saturated heterocycles. The van der Waals surface area contributed by atoms with Crippen molar-refractivity contribution in [2.45, 2.75) is 109 Å². The SMILES string of the molecule is C[C@H](O)C1=C[C@@H](n2cnc3c(NC(=O)c4ccccc4)ncnc32)[C@H](O[Si](C)(C)C(C)(C)C)[C@@H]1O[Si](C)(C)C(C)(C)C. The second kappa shape index (κ2) is 11.4. The van der Waals surface area contributed by atoms with E-state index in [0.29, 0.717) is 22.5 Å². The fourth-order valence-electron chi connectivity index (χ4n) is 4.58. The van der Waals surface area contributed by atoms with Crippen LogP contribution in [0.4, 0.5) is 5.82 Å². The van der Waals surface area contributed by atoms with Gasteiger partial charge in [0.05, 0.1) is 30.7 Å². The van der Waals surface area contributed by atoms with Crippen molar-refractivity contribution in [1.82, 2.24) is 19.5 Å². The van der Waals surface area contributed by atoms with Crippen LogP contribution in [0.1, 0.15) is 64.9 Å². The van der Waals surface area contributed by atoms with Crippen LogP contribution in [-0.4, -0.2) is 65.5 Å². The van der Waals surface area contributed by atoms with Crippen LogP contribution in [0.25, 0.3) is 11.2 Å². The molecule has 4 atom stereocenters. The lowest BCUT2D eigenvalue weighted by Crippen LogP contribution is -2.53. The molecule has 3 aromatic rings. The molecule has 0 aliphatic heterocycles. The molecule has 1 aromatic carbocycles. The number of hydrogen-bond acceptors (Lipinski definition) is 7. The molecule has 1 aliphatic rings. The first kappa shape index (κ1) is 32.2. The molecular formula is C31H47N5O4Si2. The Bertz CT molecular complexity index is 1460. The molecule has 0 bridgehead atoms. The molecule has 0 unspecified atom stereocenters. The largest absolute Gasteiger partial charge is 0.409 e. The Hall–Kier alpha value is -2.71. The fourth-order valence-corrected chi connectivity index (χ4v) is 7.14. The normalized spacial score (nSPS) is 21.0. The van der Waals surface area contributed by atoms with Gasteiger partial charge in [0.1, 0.15) is 6.33 Å². The maximum atomic E-state index is 12.9. The van der Waals surface area contributed by atoms with Crippen LogP contribution in [-0.2, 0) is 8.85 Å². The van der Waals surface area contributed by atoms with Gasteiger partial charge in [0.15, 0.2) is 33.6 Å². The average Bonchev–Trinajstić information content (AvgIpc) is 3.45. The van der Waals surface area contributed by atoms with Crippen molar-refractivity contribution in [3.05, 3.63) is 60.2 Å². The van der Waals surface area contributed by atoms with E-state index in [1.807, 2.05) is 22.8 Å². The van der Waals surface area contributed by atoms with Gasteiger partial charge in [-0.15, -0.1) is 0 Å². The van der Waals surface area contributed by atoms with Gasteiger partial charge in [-0.2, -0.15) is 0 Å². The predicted molar refractivity (Wildman–Crippen MR) is 173 cm³/mol. The third-order valence-electron chi connectivity index (χ3n) is 9.22. The fraction of sp³-hybridized carbons (Fsp3) is 0.548. The lowest BCUT2D eigenvalue weighted by Gasteiger charge is -2.45. The number of fused-ring (bicyclic) bond motifs is 1. The minimum Gasteiger partial charge on any atom is -0.409 e. The number of rotatable bonds is 8. The van der Waals surface area contributed by atoms with Crippen molar-refractivity contribution in [3.63, 3.8) is 0 Å². The molecule has 2 N–H and O–H groups in total. The summed E-state index contributed by atoms with van der Waals surface area (Å²) < 4.78 is 16.2. The first-order valence-electron chi connectivity index (χ1n) is 14.6. The number of aliphatic hydroxyl groups excluding tert-OH is 1. The molecule has 0 saturated carbocycles. The number of nitrogens with one attached hydrogen (secondary N) is 1. The highest BCUT2D eigenvalue weighted by Gasteiger charge is 2.51. The molecule has 9 nitrogen and oxygen atoms in total. The minimum absolute atomic E-state index is 0.0306. The van der Waals surface area contributed by atoms with Crippen LogP contribution in [0, 0.1) is 0 Å². The van der Waals surface area contributed by atoms with E-state index in [-0.39, 0.29) is 22.0 Å². The summed E-state index contributed by atoms with van der Waals surface area (Å²) in [5.41, 5.74) is 2.38. The summed E-state index contributed by atoms with van der Waals surface area (Å²) in [4.78, 5) is 26.5. The molecular weight excluding hydrogens is 563 g/mol. The van der Waals surface area contributed by atoms with E-state index in [1.165, 1.54) is 6.33 Å². The zero-order valence-electron chi connectivity index (χ0n) is 26.9. The smallest absolute Gasteiger partial charge is 0.256 e. The second-order valence-electron chi connectivity index (χ2n) is 14.3. The van der Waals surface area contributed by atoms with Crippen LogP contribution in [0.15, 0.2) is 54.6 Å². The van der Waals surface area contributed by atoms with E-state index in [9.17, 15) is 9.90 Å². The highest BCUT2D eigenvalue weighted by Crippen LogP contribution is 2.46. The van der Waals surface area contributed by atoms with Crippen molar-refractivity contribution < 1.29 is 18.8 Å². The Kier molecular flexibility index (Phi) is 8.76. The number of carbonyl (C=O) groups is 1. The van der Waals surface area contributed by atoms with Crippen molar-refractivity contribution >= 4 is 39.5 Å². The van der Waals surface area contributed by atoms with E-state index < -0.39 is 34.9 Å². The molecule has 0 radical (unpaired) electrons. The number of aliphatic hydroxyl groups is 1. The average molecular weight is 610 g/mol. The van der Waals surface area contributed by atoms with Crippen molar-refractivity contribution in [2.24, 2.45) is 0 Å². The van der Waals surface area contributed by atoms with Gasteiger partial charge >= 0.3 is 0 Å². The molecule has 4 rings (SSSR count). The van der Waals surface area contributed by atoms with Crippen LogP contribution in [0.3, 0.4) is 0 Å². The summed E-state index contributed by atoms with van der Waals surface area (Å²) in [5, 5.41) is 13.8. The number of benzene rings is 1. The van der Waals surface area contributed by atoms with Crippen molar-refractivity contribution in [3.8, 4) is 0 Å². The monoisotopic (exact) mass is 609 g/mol. The van der Waals surface area contributed by atoms with E-state index in [4.69, 9.17) is 8.85 Å². The number of anilines is 1. The van der Waals surface area contributed by atoms with E-state index in [0.717, 1.165) is 5.57 Å². The lowest BCUT2D eigenvalue weighted by atomic mass is 10.1.